The molecule has 1 aliphatic rings. The van der Waals surface area contributed by atoms with E-state index >= 15 is 0 Å². The summed E-state index contributed by atoms with van der Waals surface area (Å²) >= 11 is 1.25. The predicted octanol–water partition coefficient (Wildman–Crippen LogP) is 5.62. The molecule has 1 saturated carbocycles. The zero-order valence-corrected chi connectivity index (χ0v) is 21.1. The summed E-state index contributed by atoms with van der Waals surface area (Å²) in [6.45, 7) is 0. The Labute approximate surface area is 215 Å². The summed E-state index contributed by atoms with van der Waals surface area (Å²) in [5.74, 6) is -2.70. The van der Waals surface area contributed by atoms with Crippen LogP contribution in [-0.4, -0.2) is 41.1 Å². The number of hydrogen-bond acceptors (Lipinski definition) is 8. The fraction of sp³-hybridized carbons (Fsp3) is 0.308. The van der Waals surface area contributed by atoms with Crippen LogP contribution >= 0.6 is 11.3 Å². The van der Waals surface area contributed by atoms with Crippen molar-refractivity contribution in [2.45, 2.75) is 38.1 Å². The number of benzene rings is 2. The quantitative estimate of drug-likeness (QED) is 0.315. The molecule has 0 aliphatic heterocycles. The number of nitrogens with zero attached hydrogens (tertiary/aromatic N) is 3. The van der Waals surface area contributed by atoms with E-state index in [1.165, 1.54) is 37.0 Å². The molecule has 0 atom stereocenters. The van der Waals surface area contributed by atoms with Gasteiger partial charge in [0.15, 0.2) is 16.8 Å². The van der Waals surface area contributed by atoms with Crippen molar-refractivity contribution >= 4 is 44.8 Å². The summed E-state index contributed by atoms with van der Waals surface area (Å²) in [5.41, 5.74) is 1.74. The number of rotatable bonds is 6. The zero-order chi connectivity index (χ0) is 26.1. The number of thiazole rings is 1. The van der Waals surface area contributed by atoms with E-state index in [9.17, 15) is 18.4 Å². The monoisotopic (exact) mass is 525 g/mol. The summed E-state index contributed by atoms with van der Waals surface area (Å²) in [6.07, 6.45) is 5.56. The van der Waals surface area contributed by atoms with E-state index in [0.29, 0.717) is 33.6 Å². The summed E-state index contributed by atoms with van der Waals surface area (Å²) < 4.78 is 32.7. The number of anilines is 3. The molecule has 2 aromatic heterocycles. The molecular weight excluding hydrogens is 500 g/mol. The smallest absolute Gasteiger partial charge is 0.362 e. The molecule has 8 nitrogen and oxygen atoms in total. The molecule has 0 bridgehead atoms. The fourth-order valence-electron chi connectivity index (χ4n) is 4.69. The number of fused-ring (bicyclic) bond motifs is 1. The molecule has 0 spiro atoms. The fourth-order valence-corrected chi connectivity index (χ4v) is 5.41. The number of carbonyl (C=O) groups excluding carboxylic acids is 1. The van der Waals surface area contributed by atoms with E-state index in [1.807, 2.05) is 13.1 Å². The second-order valence-corrected chi connectivity index (χ2v) is 9.82. The van der Waals surface area contributed by atoms with Crippen LogP contribution in [0.15, 0.2) is 40.5 Å². The molecule has 0 amide bonds. The van der Waals surface area contributed by atoms with Gasteiger partial charge in [-0.1, -0.05) is 25.3 Å². The normalized spacial score (nSPS) is 14.1. The number of nitrogens with one attached hydrogen (secondary N) is 2. The molecule has 2 N–H and O–H groups in total. The summed E-state index contributed by atoms with van der Waals surface area (Å²) in [7, 11) is 3.20. The van der Waals surface area contributed by atoms with Gasteiger partial charge in [-0.2, -0.15) is 0 Å². The number of H-pyrrole nitrogens is 1. The van der Waals surface area contributed by atoms with E-state index in [1.54, 1.807) is 11.4 Å². The van der Waals surface area contributed by atoms with Gasteiger partial charge < -0.3 is 19.9 Å². The average Bonchev–Trinajstić information content (AvgIpc) is 3.37. The van der Waals surface area contributed by atoms with Crippen LogP contribution in [0.25, 0.3) is 22.3 Å². The molecule has 5 rings (SSSR count). The van der Waals surface area contributed by atoms with E-state index < -0.39 is 23.2 Å². The Morgan fingerprint density at radius 1 is 1.19 bits per heavy atom. The highest BCUT2D eigenvalue weighted by molar-refractivity contribution is 7.14. The Morgan fingerprint density at radius 3 is 2.73 bits per heavy atom. The minimum absolute atomic E-state index is 0.0752. The molecule has 192 valence electrons. The standard InChI is InChI=1S/C26H25F2N5O3S/c1-33(14-7-4-3-5-8-14)21-12-18-17(30-24(34)23(29-18)25(35)36-2)11-19(21)31-26-32-20(13-37-26)15-9-6-10-16(27)22(15)28/h6,9-14H,3-5,7-8H2,1-2H3,(H,30,34)(H,31,32). The van der Waals surface area contributed by atoms with Crippen molar-refractivity contribution in [3.05, 3.63) is 63.4 Å². The van der Waals surface area contributed by atoms with Crippen molar-refractivity contribution in [1.29, 1.82) is 0 Å². The van der Waals surface area contributed by atoms with E-state index in [2.05, 4.69) is 25.2 Å². The zero-order valence-electron chi connectivity index (χ0n) is 20.3. The van der Waals surface area contributed by atoms with Crippen molar-refractivity contribution in [3.63, 3.8) is 0 Å². The Hall–Kier alpha value is -3.86. The first kappa shape index (κ1) is 24.8. The van der Waals surface area contributed by atoms with Crippen molar-refractivity contribution in [2.75, 3.05) is 24.4 Å². The summed E-state index contributed by atoms with van der Waals surface area (Å²) in [4.78, 5) is 38.1. The van der Waals surface area contributed by atoms with Gasteiger partial charge in [0.05, 0.1) is 35.2 Å². The summed E-state index contributed by atoms with van der Waals surface area (Å²) in [5, 5.41) is 5.41. The maximum atomic E-state index is 14.3. The maximum absolute atomic E-state index is 14.3. The largest absolute Gasteiger partial charge is 0.464 e. The first-order valence-electron chi connectivity index (χ1n) is 11.9. The third-order valence-corrected chi connectivity index (χ3v) is 7.42. The number of halogens is 2. The lowest BCUT2D eigenvalue weighted by atomic mass is 9.94. The topological polar surface area (TPSA) is 100 Å². The van der Waals surface area contributed by atoms with Crippen LogP contribution in [0.4, 0.5) is 25.3 Å². The molecule has 2 aromatic carbocycles. The van der Waals surface area contributed by atoms with Crippen LogP contribution in [0, 0.1) is 11.6 Å². The number of methoxy groups -OCH3 is 1. The SMILES string of the molecule is COC(=O)c1nc2cc(N(C)C3CCCCC3)c(Nc3nc(-c4cccc(F)c4F)cs3)cc2[nH]c1=O. The van der Waals surface area contributed by atoms with Gasteiger partial charge in [-0.15, -0.1) is 11.3 Å². The van der Waals surface area contributed by atoms with E-state index in [-0.39, 0.29) is 11.3 Å². The highest BCUT2D eigenvalue weighted by Crippen LogP contribution is 2.37. The first-order valence-corrected chi connectivity index (χ1v) is 12.8. The van der Waals surface area contributed by atoms with Crippen molar-refractivity contribution in [3.8, 4) is 11.3 Å². The Bertz CT molecular complexity index is 1530. The number of hydrogen-bond donors (Lipinski definition) is 2. The van der Waals surface area contributed by atoms with Crippen molar-refractivity contribution in [2.24, 2.45) is 0 Å². The Morgan fingerprint density at radius 2 is 1.97 bits per heavy atom. The minimum atomic E-state index is -0.951. The molecule has 11 heteroatoms. The van der Waals surface area contributed by atoms with Crippen molar-refractivity contribution in [1.82, 2.24) is 15.0 Å². The number of esters is 1. The van der Waals surface area contributed by atoms with E-state index in [4.69, 9.17) is 4.74 Å². The second kappa shape index (κ2) is 10.3. The molecule has 0 radical (unpaired) electrons. The number of aromatic amines is 1. The lowest BCUT2D eigenvalue weighted by Gasteiger charge is -2.34. The highest BCUT2D eigenvalue weighted by atomic mass is 32.1. The van der Waals surface area contributed by atoms with Crippen molar-refractivity contribution < 1.29 is 18.3 Å². The van der Waals surface area contributed by atoms with E-state index in [0.717, 1.165) is 37.4 Å². The Kier molecular flexibility index (Phi) is 6.88. The lowest BCUT2D eigenvalue weighted by molar-refractivity contribution is 0.0592. The molecule has 0 saturated heterocycles. The second-order valence-electron chi connectivity index (χ2n) is 8.96. The maximum Gasteiger partial charge on any atom is 0.362 e. The minimum Gasteiger partial charge on any atom is -0.464 e. The van der Waals surface area contributed by atoms with Crippen LogP contribution in [-0.2, 0) is 4.74 Å². The van der Waals surface area contributed by atoms with Crippen LogP contribution in [0.2, 0.25) is 0 Å². The van der Waals surface area contributed by atoms with Crippen LogP contribution in [0.5, 0.6) is 0 Å². The van der Waals surface area contributed by atoms with Crippen LogP contribution < -0.4 is 15.8 Å². The highest BCUT2D eigenvalue weighted by Gasteiger charge is 2.23. The third kappa shape index (κ3) is 4.91. The van der Waals surface area contributed by atoms with Gasteiger partial charge in [0.1, 0.15) is 0 Å². The Balaban J connectivity index is 1.57. The molecule has 0 unspecified atom stereocenters. The average molecular weight is 526 g/mol. The van der Waals surface area contributed by atoms with Gasteiger partial charge in [-0.3, -0.25) is 4.79 Å². The predicted molar refractivity (Wildman–Crippen MR) is 140 cm³/mol. The molecule has 4 aromatic rings. The molecule has 1 fully saturated rings. The van der Waals surface area contributed by atoms with Gasteiger partial charge in [0.2, 0.25) is 5.69 Å². The first-order chi connectivity index (χ1) is 17.9. The van der Waals surface area contributed by atoms with Crippen LogP contribution in [0.1, 0.15) is 42.6 Å². The van der Waals surface area contributed by atoms with Crippen LogP contribution in [0.3, 0.4) is 0 Å². The third-order valence-electron chi connectivity index (χ3n) is 6.66. The molecule has 2 heterocycles. The van der Waals surface area contributed by atoms with Gasteiger partial charge in [-0.05, 0) is 37.1 Å². The van der Waals surface area contributed by atoms with Gasteiger partial charge in [0, 0.05) is 24.0 Å². The molecule has 37 heavy (non-hydrogen) atoms. The molecule has 1 aliphatic carbocycles. The number of ether oxygens (including phenoxy) is 1. The lowest BCUT2D eigenvalue weighted by Crippen LogP contribution is -2.33. The summed E-state index contributed by atoms with van der Waals surface area (Å²) in [6, 6.07) is 7.84. The molecular formula is C26H25F2N5O3S. The van der Waals surface area contributed by atoms with Gasteiger partial charge >= 0.3 is 5.97 Å². The number of aromatic nitrogens is 3. The number of carbonyl (C=O) groups is 1. The van der Waals surface area contributed by atoms with Gasteiger partial charge in [0.25, 0.3) is 5.56 Å². The van der Waals surface area contributed by atoms with Gasteiger partial charge in [-0.25, -0.2) is 23.5 Å².